The number of carbonyl (C=O) groups is 2. The minimum atomic E-state index is -0.504. The Kier molecular flexibility index (Phi) is 10.4. The van der Waals surface area contributed by atoms with Crippen LogP contribution in [0.25, 0.3) is 0 Å². The Bertz CT molecular complexity index is 1720. The summed E-state index contributed by atoms with van der Waals surface area (Å²) >= 11 is 0. The molecule has 16 nitrogen and oxygen atoms in total. The van der Waals surface area contributed by atoms with Crippen LogP contribution in [0.2, 0.25) is 0 Å². The van der Waals surface area contributed by atoms with Crippen molar-refractivity contribution in [3.05, 3.63) is 141 Å². The van der Waals surface area contributed by atoms with Crippen LogP contribution in [-0.2, 0) is 16.5 Å². The van der Waals surface area contributed by atoms with Crippen molar-refractivity contribution in [3.63, 3.8) is 0 Å². The first-order valence-electron chi connectivity index (χ1n) is 13.7. The zero-order valence-electron chi connectivity index (χ0n) is 24.7. The number of rotatable bonds is 6. The van der Waals surface area contributed by atoms with E-state index in [9.17, 15) is 29.8 Å². The number of hydrogen-bond donors (Lipinski definition) is 2. The summed E-state index contributed by atoms with van der Waals surface area (Å²) in [5, 5.41) is 35.4. The third-order valence-electron chi connectivity index (χ3n) is 6.42. The van der Waals surface area contributed by atoms with E-state index in [0.717, 1.165) is 10.2 Å². The molecule has 0 fully saturated rings. The molecular formula is C30H26N10NiO6+2. The summed E-state index contributed by atoms with van der Waals surface area (Å²) in [5.74, 6) is 0.112. The van der Waals surface area contributed by atoms with Crippen molar-refractivity contribution in [3.8, 4) is 0 Å². The molecule has 0 aromatic heterocycles. The number of anilines is 2. The van der Waals surface area contributed by atoms with Gasteiger partial charge in [0.15, 0.2) is 11.4 Å². The summed E-state index contributed by atoms with van der Waals surface area (Å²) in [6.07, 6.45) is 0. The molecule has 0 spiro atoms. The zero-order chi connectivity index (χ0) is 32.8. The van der Waals surface area contributed by atoms with Crippen LogP contribution in [0.3, 0.4) is 0 Å². The smallest absolute Gasteiger partial charge is 0.265 e. The standard InChI is InChI=1S/2C15H13N5O3.Ni/c2*1-11-16-18(13-9-5-6-10-14(13)20(22)23)19(17-11)15(21)12-7-3-2-4-8-12;/h2*2-10H,1H3,(H,16,17);/q;;+2. The number of nitro groups is 2. The van der Waals surface area contributed by atoms with E-state index in [0.29, 0.717) is 22.8 Å². The van der Waals surface area contributed by atoms with E-state index >= 15 is 0 Å². The second kappa shape index (κ2) is 14.6. The Labute approximate surface area is 277 Å². The SMILES string of the molecule is CC1=NN(C(=O)c2ccccc2)N(c2ccccc2[N+](=O)[O-])N1.CC1=NN(C(=O)c2ccccc2)N(c2ccccc2[N+](=O)[O-])N1.[Ni+2]. The van der Waals surface area contributed by atoms with E-state index in [2.05, 4.69) is 21.1 Å². The van der Waals surface area contributed by atoms with Gasteiger partial charge in [-0.3, -0.25) is 40.7 Å². The Hall–Kier alpha value is -6.35. The number of carbonyl (C=O) groups excluding carboxylic acids is 2. The first kappa shape index (κ1) is 33.5. The maximum atomic E-state index is 12.6. The molecule has 0 saturated carbocycles. The van der Waals surface area contributed by atoms with Gasteiger partial charge in [-0.2, -0.15) is 10.2 Å². The van der Waals surface area contributed by atoms with Crippen LogP contribution in [-0.4, -0.2) is 43.6 Å². The summed E-state index contributed by atoms with van der Waals surface area (Å²) < 4.78 is 0. The molecule has 47 heavy (non-hydrogen) atoms. The van der Waals surface area contributed by atoms with Crippen LogP contribution in [0.15, 0.2) is 119 Å². The van der Waals surface area contributed by atoms with E-state index in [1.54, 1.807) is 111 Å². The number of amidine groups is 2. The molecule has 2 aliphatic heterocycles. The predicted molar refractivity (Wildman–Crippen MR) is 169 cm³/mol. The molecule has 4 aromatic rings. The molecule has 2 amide bonds. The topological polar surface area (TPSA) is 182 Å². The Morgan fingerprint density at radius 2 is 0.894 bits per heavy atom. The molecule has 0 unspecified atom stereocenters. The fourth-order valence-corrected chi connectivity index (χ4v) is 4.40. The number of nitro benzene ring substituents is 2. The van der Waals surface area contributed by atoms with Crippen molar-refractivity contribution in [2.75, 3.05) is 10.2 Å². The molecule has 2 aliphatic rings. The monoisotopic (exact) mass is 680 g/mol. The zero-order valence-corrected chi connectivity index (χ0v) is 25.7. The minimum Gasteiger partial charge on any atom is -0.265 e. The fraction of sp³-hybridized carbons (Fsp3) is 0.0667. The molecular weight excluding hydrogens is 655 g/mol. The van der Waals surface area contributed by atoms with Crippen LogP contribution in [0.1, 0.15) is 34.6 Å². The summed E-state index contributed by atoms with van der Waals surface area (Å²) in [6, 6.07) is 29.4. The van der Waals surface area contributed by atoms with Gasteiger partial charge in [0.25, 0.3) is 23.2 Å². The number of para-hydroxylation sites is 4. The van der Waals surface area contributed by atoms with Gasteiger partial charge < -0.3 is 0 Å². The number of benzene rings is 4. The molecule has 17 heteroatoms. The fourth-order valence-electron chi connectivity index (χ4n) is 4.40. The van der Waals surface area contributed by atoms with Gasteiger partial charge in [-0.15, -0.1) is 20.4 Å². The van der Waals surface area contributed by atoms with E-state index in [1.807, 2.05) is 0 Å². The van der Waals surface area contributed by atoms with Gasteiger partial charge >= 0.3 is 16.5 Å². The summed E-state index contributed by atoms with van der Waals surface area (Å²) in [5.41, 5.74) is 6.75. The van der Waals surface area contributed by atoms with Crippen LogP contribution in [0.4, 0.5) is 22.7 Å². The van der Waals surface area contributed by atoms with Gasteiger partial charge in [0.1, 0.15) is 11.7 Å². The molecule has 0 radical (unpaired) electrons. The van der Waals surface area contributed by atoms with Crippen molar-refractivity contribution in [2.24, 2.45) is 10.2 Å². The maximum Gasteiger partial charge on any atom is 2.00 e. The number of nitrogens with zero attached hydrogens (tertiary/aromatic N) is 8. The second-order valence-electron chi connectivity index (χ2n) is 9.63. The largest absolute Gasteiger partial charge is 2.00 e. The molecule has 0 aliphatic carbocycles. The van der Waals surface area contributed by atoms with Crippen LogP contribution in [0.5, 0.6) is 0 Å². The second-order valence-corrected chi connectivity index (χ2v) is 9.63. The first-order chi connectivity index (χ1) is 22.2. The van der Waals surface area contributed by atoms with Crippen molar-refractivity contribution in [2.45, 2.75) is 13.8 Å². The average Bonchev–Trinajstić information content (AvgIpc) is 3.67. The summed E-state index contributed by atoms with van der Waals surface area (Å²) in [6.45, 7) is 3.33. The molecule has 0 saturated heterocycles. The number of hydrogen-bond acceptors (Lipinski definition) is 12. The van der Waals surface area contributed by atoms with Crippen LogP contribution >= 0.6 is 0 Å². The Balaban J connectivity index is 0.000000208. The molecule has 0 atom stereocenters. The van der Waals surface area contributed by atoms with E-state index in [4.69, 9.17) is 0 Å². The number of nitrogens with one attached hydrogen (secondary N) is 2. The average molecular weight is 681 g/mol. The van der Waals surface area contributed by atoms with Crippen molar-refractivity contribution < 1.29 is 35.9 Å². The van der Waals surface area contributed by atoms with Gasteiger partial charge in [0.05, 0.1) is 9.85 Å². The van der Waals surface area contributed by atoms with E-state index in [1.165, 1.54) is 22.4 Å². The van der Waals surface area contributed by atoms with Crippen molar-refractivity contribution in [1.29, 1.82) is 0 Å². The predicted octanol–water partition coefficient (Wildman–Crippen LogP) is 4.62. The van der Waals surface area contributed by atoms with Gasteiger partial charge in [-0.25, -0.2) is 0 Å². The van der Waals surface area contributed by atoms with Gasteiger partial charge in [-0.1, -0.05) is 60.7 Å². The number of hydrazine groups is 4. The van der Waals surface area contributed by atoms with E-state index < -0.39 is 21.7 Å². The van der Waals surface area contributed by atoms with Crippen molar-refractivity contribution in [1.82, 2.24) is 21.1 Å². The van der Waals surface area contributed by atoms with Gasteiger partial charge in [-0.05, 0) is 50.2 Å². The van der Waals surface area contributed by atoms with Gasteiger partial charge in [0.2, 0.25) is 0 Å². The van der Waals surface area contributed by atoms with Crippen LogP contribution in [0, 0.1) is 20.2 Å². The summed E-state index contributed by atoms with van der Waals surface area (Å²) in [4.78, 5) is 46.7. The molecule has 240 valence electrons. The molecule has 0 bridgehead atoms. The molecule has 2 N–H and O–H groups in total. The normalized spacial score (nSPS) is 13.2. The first-order valence-corrected chi connectivity index (χ1v) is 13.7. The molecule has 6 rings (SSSR count). The Morgan fingerprint density at radius 1 is 0.574 bits per heavy atom. The number of amides is 2. The number of hydrazone groups is 2. The van der Waals surface area contributed by atoms with Crippen molar-refractivity contribution >= 4 is 46.2 Å². The van der Waals surface area contributed by atoms with Gasteiger partial charge in [0, 0.05) is 23.3 Å². The quantitative estimate of drug-likeness (QED) is 0.166. The molecule has 2 heterocycles. The van der Waals surface area contributed by atoms with Crippen LogP contribution < -0.4 is 21.1 Å². The molecule has 4 aromatic carbocycles. The minimum absolute atomic E-state index is 0. The third kappa shape index (κ3) is 7.32. The Morgan fingerprint density at radius 3 is 1.23 bits per heavy atom. The summed E-state index contributed by atoms with van der Waals surface area (Å²) in [7, 11) is 0. The van der Waals surface area contributed by atoms with E-state index in [-0.39, 0.29) is 39.2 Å². The third-order valence-corrected chi connectivity index (χ3v) is 6.42. The maximum absolute atomic E-state index is 12.6.